The van der Waals surface area contributed by atoms with E-state index in [1.807, 2.05) is 0 Å². The minimum Gasteiger partial charge on any atom is -0.352 e. The molecule has 1 aromatic carbocycles. The molecule has 1 aliphatic carbocycles. The van der Waals surface area contributed by atoms with Gasteiger partial charge in [-0.1, -0.05) is 23.7 Å². The van der Waals surface area contributed by atoms with E-state index in [1.54, 1.807) is 12.1 Å². The number of nitrogens with one attached hydrogen (secondary N) is 2. The number of halogens is 2. The van der Waals surface area contributed by atoms with E-state index in [4.69, 9.17) is 11.6 Å². The van der Waals surface area contributed by atoms with Gasteiger partial charge in [0.1, 0.15) is 5.82 Å². The lowest BCUT2D eigenvalue weighted by molar-refractivity contribution is -0.120. The van der Waals surface area contributed by atoms with Gasteiger partial charge >= 0.3 is 0 Å². The van der Waals surface area contributed by atoms with Crippen molar-refractivity contribution in [3.8, 4) is 0 Å². The lowest BCUT2D eigenvalue weighted by Crippen LogP contribution is -2.34. The van der Waals surface area contributed by atoms with Crippen LogP contribution in [0.15, 0.2) is 18.2 Å². The van der Waals surface area contributed by atoms with Crippen LogP contribution in [0.2, 0.25) is 5.02 Å². The molecular weight excluding hydrogens is 243 g/mol. The SMILES string of the molecule is O=C(CNCc1cccc(F)c1Cl)NC1CC1. The van der Waals surface area contributed by atoms with E-state index in [0.717, 1.165) is 12.8 Å². The summed E-state index contributed by atoms with van der Waals surface area (Å²) in [5.74, 6) is -0.464. The molecule has 0 bridgehead atoms. The third kappa shape index (κ3) is 3.68. The number of hydrogen-bond donors (Lipinski definition) is 2. The molecule has 1 fully saturated rings. The first-order chi connectivity index (χ1) is 8.16. The molecule has 1 aromatic rings. The van der Waals surface area contributed by atoms with Crippen molar-refractivity contribution in [3.05, 3.63) is 34.6 Å². The average molecular weight is 257 g/mol. The third-order valence-corrected chi connectivity index (χ3v) is 3.00. The summed E-state index contributed by atoms with van der Waals surface area (Å²) in [4.78, 5) is 11.4. The van der Waals surface area contributed by atoms with Crippen LogP contribution in [-0.4, -0.2) is 18.5 Å². The van der Waals surface area contributed by atoms with Gasteiger partial charge in [-0.15, -0.1) is 0 Å². The van der Waals surface area contributed by atoms with E-state index in [1.165, 1.54) is 6.07 Å². The van der Waals surface area contributed by atoms with Crippen molar-refractivity contribution in [2.45, 2.75) is 25.4 Å². The highest BCUT2D eigenvalue weighted by molar-refractivity contribution is 6.31. The zero-order chi connectivity index (χ0) is 12.3. The molecule has 0 aliphatic heterocycles. The Labute approximate surface area is 104 Å². The van der Waals surface area contributed by atoms with Crippen molar-refractivity contribution in [2.24, 2.45) is 0 Å². The molecule has 5 heteroatoms. The molecule has 1 amide bonds. The highest BCUT2D eigenvalue weighted by Gasteiger charge is 2.22. The van der Waals surface area contributed by atoms with Crippen LogP contribution in [0.25, 0.3) is 0 Å². The van der Waals surface area contributed by atoms with E-state index in [9.17, 15) is 9.18 Å². The first kappa shape index (κ1) is 12.3. The summed E-state index contributed by atoms with van der Waals surface area (Å²) in [5.41, 5.74) is 0.658. The predicted molar refractivity (Wildman–Crippen MR) is 64.3 cm³/mol. The molecule has 17 heavy (non-hydrogen) atoms. The summed E-state index contributed by atoms with van der Waals surface area (Å²) < 4.78 is 13.1. The summed E-state index contributed by atoms with van der Waals surface area (Å²) in [6.45, 7) is 0.609. The lowest BCUT2D eigenvalue weighted by Gasteiger charge is -2.07. The monoisotopic (exact) mass is 256 g/mol. The Morgan fingerprint density at radius 2 is 2.24 bits per heavy atom. The van der Waals surface area contributed by atoms with Gasteiger partial charge in [0, 0.05) is 12.6 Å². The number of hydrogen-bond acceptors (Lipinski definition) is 2. The second-order valence-electron chi connectivity index (χ2n) is 4.16. The van der Waals surface area contributed by atoms with E-state index in [0.29, 0.717) is 18.2 Å². The first-order valence-electron chi connectivity index (χ1n) is 5.60. The largest absolute Gasteiger partial charge is 0.352 e. The molecule has 0 aromatic heterocycles. The van der Waals surface area contributed by atoms with Crippen molar-refractivity contribution in [3.63, 3.8) is 0 Å². The van der Waals surface area contributed by atoms with E-state index in [-0.39, 0.29) is 17.5 Å². The Hall–Kier alpha value is -1.13. The fraction of sp³-hybridized carbons (Fsp3) is 0.417. The summed E-state index contributed by atoms with van der Waals surface area (Å²) >= 11 is 5.79. The van der Waals surface area contributed by atoms with Crippen LogP contribution in [0.3, 0.4) is 0 Å². The molecule has 92 valence electrons. The lowest BCUT2D eigenvalue weighted by atomic mass is 10.2. The van der Waals surface area contributed by atoms with Crippen molar-refractivity contribution < 1.29 is 9.18 Å². The normalized spacial score (nSPS) is 14.7. The Morgan fingerprint density at radius 3 is 2.94 bits per heavy atom. The topological polar surface area (TPSA) is 41.1 Å². The van der Waals surface area contributed by atoms with E-state index >= 15 is 0 Å². The second kappa shape index (κ2) is 5.47. The summed E-state index contributed by atoms with van der Waals surface area (Å²) in [7, 11) is 0. The first-order valence-corrected chi connectivity index (χ1v) is 5.97. The van der Waals surface area contributed by atoms with Crippen molar-refractivity contribution in [1.82, 2.24) is 10.6 Å². The van der Waals surface area contributed by atoms with Crippen LogP contribution >= 0.6 is 11.6 Å². The Morgan fingerprint density at radius 1 is 1.47 bits per heavy atom. The fourth-order valence-electron chi connectivity index (χ4n) is 1.50. The van der Waals surface area contributed by atoms with Gasteiger partial charge in [-0.2, -0.15) is 0 Å². The van der Waals surface area contributed by atoms with Crippen molar-refractivity contribution >= 4 is 17.5 Å². The molecule has 0 radical (unpaired) electrons. The number of rotatable bonds is 5. The highest BCUT2D eigenvalue weighted by atomic mass is 35.5. The smallest absolute Gasteiger partial charge is 0.234 e. The van der Waals surface area contributed by atoms with Crippen LogP contribution in [-0.2, 0) is 11.3 Å². The maximum Gasteiger partial charge on any atom is 0.234 e. The van der Waals surface area contributed by atoms with Gasteiger partial charge in [0.05, 0.1) is 11.6 Å². The van der Waals surface area contributed by atoms with Gasteiger partial charge < -0.3 is 10.6 Å². The number of benzene rings is 1. The second-order valence-corrected chi connectivity index (χ2v) is 4.54. The molecule has 2 N–H and O–H groups in total. The molecule has 0 unspecified atom stereocenters. The van der Waals surface area contributed by atoms with Crippen LogP contribution < -0.4 is 10.6 Å². The number of carbonyl (C=O) groups excluding carboxylic acids is 1. The molecule has 0 heterocycles. The van der Waals surface area contributed by atoms with Gasteiger partial charge in [0.2, 0.25) is 5.91 Å². The molecule has 0 spiro atoms. The van der Waals surface area contributed by atoms with Crippen LogP contribution in [0.4, 0.5) is 4.39 Å². The van der Waals surface area contributed by atoms with Crippen molar-refractivity contribution in [2.75, 3.05) is 6.54 Å². The molecule has 1 aliphatic rings. The highest BCUT2D eigenvalue weighted by Crippen LogP contribution is 2.19. The summed E-state index contributed by atoms with van der Waals surface area (Å²) in [6, 6.07) is 5.01. The average Bonchev–Trinajstić information content (AvgIpc) is 3.08. The molecular formula is C12H14ClFN2O. The standard InChI is InChI=1S/C12H14ClFN2O/c13-12-8(2-1-3-10(12)14)6-15-7-11(17)16-9-4-5-9/h1-3,9,15H,4-7H2,(H,16,17). The predicted octanol–water partition coefficient (Wildman–Crippen LogP) is 1.85. The maximum atomic E-state index is 13.1. The summed E-state index contributed by atoms with van der Waals surface area (Å²) in [6.07, 6.45) is 2.14. The van der Waals surface area contributed by atoms with Gasteiger partial charge in [-0.25, -0.2) is 4.39 Å². The molecule has 0 atom stereocenters. The zero-order valence-corrected chi connectivity index (χ0v) is 10.1. The number of carbonyl (C=O) groups is 1. The molecule has 2 rings (SSSR count). The Bertz CT molecular complexity index is 421. The number of amides is 1. The maximum absolute atomic E-state index is 13.1. The summed E-state index contributed by atoms with van der Waals surface area (Å²) in [5, 5.41) is 5.91. The molecule has 0 saturated heterocycles. The molecule has 3 nitrogen and oxygen atoms in total. The van der Waals surface area contributed by atoms with Crippen LogP contribution in [0, 0.1) is 5.82 Å². The van der Waals surface area contributed by atoms with Gasteiger partial charge in [0.15, 0.2) is 0 Å². The van der Waals surface area contributed by atoms with Gasteiger partial charge in [-0.3, -0.25) is 4.79 Å². The van der Waals surface area contributed by atoms with E-state index < -0.39 is 5.82 Å². The van der Waals surface area contributed by atoms with Crippen molar-refractivity contribution in [1.29, 1.82) is 0 Å². The zero-order valence-electron chi connectivity index (χ0n) is 9.30. The van der Waals surface area contributed by atoms with Crippen LogP contribution in [0.1, 0.15) is 18.4 Å². The quantitative estimate of drug-likeness (QED) is 0.844. The Kier molecular flexibility index (Phi) is 3.97. The van der Waals surface area contributed by atoms with Crippen LogP contribution in [0.5, 0.6) is 0 Å². The van der Waals surface area contributed by atoms with Gasteiger partial charge in [0.25, 0.3) is 0 Å². The molecule has 1 saturated carbocycles. The Balaban J connectivity index is 1.77. The minimum absolute atomic E-state index is 0.0278. The van der Waals surface area contributed by atoms with E-state index in [2.05, 4.69) is 10.6 Å². The fourth-order valence-corrected chi connectivity index (χ4v) is 1.69. The minimum atomic E-state index is -0.437. The van der Waals surface area contributed by atoms with Gasteiger partial charge in [-0.05, 0) is 24.5 Å². The third-order valence-electron chi connectivity index (χ3n) is 2.58.